The van der Waals surface area contributed by atoms with Gasteiger partial charge in [0.15, 0.2) is 0 Å². The number of carbonyl (C=O) groups is 1. The summed E-state index contributed by atoms with van der Waals surface area (Å²) in [4.78, 5) is 22.6. The molecule has 0 unspecified atom stereocenters. The molecular weight excluding hydrogens is 438 g/mol. The van der Waals surface area contributed by atoms with Crippen molar-refractivity contribution in [3.8, 4) is 0 Å². The lowest BCUT2D eigenvalue weighted by Crippen LogP contribution is -2.17. The highest BCUT2D eigenvalue weighted by atomic mass is 79.9. The average molecular weight is 449 g/mol. The molecule has 25 heavy (non-hydrogen) atoms. The summed E-state index contributed by atoms with van der Waals surface area (Å²) in [6.45, 7) is 0. The third-order valence-electron chi connectivity index (χ3n) is 2.93. The average Bonchev–Trinajstić information content (AvgIpc) is 2.49. The monoisotopic (exact) mass is 447 g/mol. The zero-order valence-corrected chi connectivity index (χ0v) is 15.8. The van der Waals surface area contributed by atoms with Gasteiger partial charge >= 0.3 is 0 Å². The molecule has 0 saturated heterocycles. The van der Waals surface area contributed by atoms with Gasteiger partial charge in [0, 0.05) is 16.6 Å². The Morgan fingerprint density at radius 3 is 2.40 bits per heavy atom. The molecule has 1 amide bonds. The predicted octanol–water partition coefficient (Wildman–Crippen LogP) is 3.63. The van der Waals surface area contributed by atoms with Gasteiger partial charge in [-0.15, -0.1) is 0 Å². The van der Waals surface area contributed by atoms with Crippen LogP contribution in [0.1, 0.15) is 10.4 Å². The van der Waals surface area contributed by atoms with Crippen molar-refractivity contribution in [1.82, 2.24) is 0 Å². The molecular formula is C14H11BrClN3O5S. The number of anilines is 2. The molecule has 2 rings (SSSR count). The summed E-state index contributed by atoms with van der Waals surface area (Å²) in [5.74, 6) is -0.636. The smallest absolute Gasteiger partial charge is 0.271 e. The molecule has 0 radical (unpaired) electrons. The van der Waals surface area contributed by atoms with E-state index in [-0.39, 0.29) is 27.6 Å². The second-order valence-corrected chi connectivity index (χ2v) is 8.01. The Balaban J connectivity index is 2.35. The largest absolute Gasteiger partial charge is 0.321 e. The number of hydrogen-bond donors (Lipinski definition) is 2. The Labute approximate surface area is 156 Å². The summed E-state index contributed by atoms with van der Waals surface area (Å²) in [5.41, 5.74) is 0.0721. The van der Waals surface area contributed by atoms with Gasteiger partial charge in [-0.2, -0.15) is 0 Å². The lowest BCUT2D eigenvalue weighted by Gasteiger charge is -2.12. The number of nitrogens with zero attached hydrogens (tertiary/aromatic N) is 1. The van der Waals surface area contributed by atoms with Crippen LogP contribution in [0.4, 0.5) is 17.1 Å². The summed E-state index contributed by atoms with van der Waals surface area (Å²) >= 11 is 9.15. The van der Waals surface area contributed by atoms with Gasteiger partial charge in [0.1, 0.15) is 0 Å². The Morgan fingerprint density at radius 1 is 1.20 bits per heavy atom. The maximum absolute atomic E-state index is 12.5. The molecule has 8 nitrogen and oxygen atoms in total. The fraction of sp³-hybridized carbons (Fsp3) is 0.0714. The van der Waals surface area contributed by atoms with Gasteiger partial charge in [0.05, 0.1) is 33.1 Å². The van der Waals surface area contributed by atoms with E-state index in [1.54, 1.807) is 6.07 Å². The van der Waals surface area contributed by atoms with Gasteiger partial charge in [-0.3, -0.25) is 19.6 Å². The van der Waals surface area contributed by atoms with Crippen molar-refractivity contribution >= 4 is 60.5 Å². The fourth-order valence-corrected chi connectivity index (χ4v) is 3.06. The maximum atomic E-state index is 12.5. The summed E-state index contributed by atoms with van der Waals surface area (Å²) in [6, 6.07) is 8.02. The zero-order valence-electron chi connectivity index (χ0n) is 12.6. The van der Waals surface area contributed by atoms with Crippen molar-refractivity contribution in [3.05, 3.63) is 61.6 Å². The normalized spacial score (nSPS) is 11.0. The number of hydrogen-bond acceptors (Lipinski definition) is 5. The van der Waals surface area contributed by atoms with E-state index >= 15 is 0 Å². The Morgan fingerprint density at radius 2 is 1.84 bits per heavy atom. The van der Waals surface area contributed by atoms with E-state index in [1.165, 1.54) is 24.3 Å². The van der Waals surface area contributed by atoms with Crippen LogP contribution in [0.5, 0.6) is 0 Å². The third kappa shape index (κ3) is 5.15. The van der Waals surface area contributed by atoms with Crippen LogP contribution >= 0.6 is 27.5 Å². The van der Waals surface area contributed by atoms with E-state index < -0.39 is 20.9 Å². The second-order valence-electron chi connectivity index (χ2n) is 4.94. The van der Waals surface area contributed by atoms with Crippen LogP contribution in [0, 0.1) is 10.1 Å². The van der Waals surface area contributed by atoms with Gasteiger partial charge < -0.3 is 5.32 Å². The van der Waals surface area contributed by atoms with E-state index in [0.717, 1.165) is 12.3 Å². The molecule has 0 aliphatic rings. The number of amides is 1. The Kier molecular flexibility index (Phi) is 5.65. The van der Waals surface area contributed by atoms with E-state index in [4.69, 9.17) is 11.6 Å². The SMILES string of the molecule is CS(=O)(=O)Nc1ccc(Br)cc1C(=O)Nc1ccc([N+](=O)[O-])cc1Cl. The molecule has 2 aromatic carbocycles. The van der Waals surface area contributed by atoms with Crippen LogP contribution in [0.15, 0.2) is 40.9 Å². The first-order valence-electron chi connectivity index (χ1n) is 6.59. The number of benzene rings is 2. The quantitative estimate of drug-likeness (QED) is 0.535. The number of sulfonamides is 1. The minimum atomic E-state index is -3.59. The van der Waals surface area contributed by atoms with Gasteiger partial charge in [-0.25, -0.2) is 8.42 Å². The molecule has 0 aromatic heterocycles. The van der Waals surface area contributed by atoms with Crippen LogP contribution < -0.4 is 10.0 Å². The van der Waals surface area contributed by atoms with Crippen molar-refractivity contribution in [1.29, 1.82) is 0 Å². The van der Waals surface area contributed by atoms with E-state index in [9.17, 15) is 23.3 Å². The van der Waals surface area contributed by atoms with Crippen LogP contribution in [-0.4, -0.2) is 25.5 Å². The summed E-state index contributed by atoms with van der Waals surface area (Å²) in [6.07, 6.45) is 0.962. The minimum Gasteiger partial charge on any atom is -0.321 e. The highest BCUT2D eigenvalue weighted by Gasteiger charge is 2.17. The topological polar surface area (TPSA) is 118 Å². The lowest BCUT2D eigenvalue weighted by atomic mass is 10.1. The highest BCUT2D eigenvalue weighted by molar-refractivity contribution is 9.10. The molecule has 2 N–H and O–H groups in total. The minimum absolute atomic E-state index is 0.0184. The molecule has 2 aromatic rings. The zero-order chi connectivity index (χ0) is 18.8. The van der Waals surface area contributed by atoms with Crippen molar-refractivity contribution in [2.24, 2.45) is 0 Å². The molecule has 0 spiro atoms. The molecule has 0 fully saturated rings. The van der Waals surface area contributed by atoms with Crippen LogP contribution in [0.25, 0.3) is 0 Å². The number of nitro benzene ring substituents is 1. The molecule has 0 aliphatic carbocycles. The van der Waals surface area contributed by atoms with Gasteiger partial charge in [-0.1, -0.05) is 27.5 Å². The maximum Gasteiger partial charge on any atom is 0.271 e. The van der Waals surface area contributed by atoms with Crippen LogP contribution in [0.3, 0.4) is 0 Å². The Bertz CT molecular complexity index is 965. The number of rotatable bonds is 5. The second kappa shape index (κ2) is 7.38. The molecule has 0 aliphatic heterocycles. The van der Waals surface area contributed by atoms with Gasteiger partial charge in [0.25, 0.3) is 11.6 Å². The number of halogens is 2. The first kappa shape index (κ1) is 19.2. The van der Waals surface area contributed by atoms with Crippen molar-refractivity contribution in [2.45, 2.75) is 0 Å². The lowest BCUT2D eigenvalue weighted by molar-refractivity contribution is -0.384. The highest BCUT2D eigenvalue weighted by Crippen LogP contribution is 2.28. The number of nitro groups is 1. The number of non-ortho nitro benzene ring substituents is 1. The predicted molar refractivity (Wildman–Crippen MR) is 98.7 cm³/mol. The number of nitrogens with one attached hydrogen (secondary N) is 2. The Hall–Kier alpha value is -2.17. The third-order valence-corrected chi connectivity index (χ3v) is 4.33. The standard InChI is InChI=1S/C14H11BrClN3O5S/c1-25(23,24)18-12-4-2-8(15)6-10(12)14(20)17-13-5-3-9(19(21)22)7-11(13)16/h2-7,18H,1H3,(H,17,20). The van der Waals surface area contributed by atoms with Gasteiger partial charge in [-0.05, 0) is 24.3 Å². The van der Waals surface area contributed by atoms with Gasteiger partial charge in [0.2, 0.25) is 10.0 Å². The molecule has 11 heteroatoms. The first-order valence-corrected chi connectivity index (χ1v) is 9.65. The van der Waals surface area contributed by atoms with E-state index in [2.05, 4.69) is 26.0 Å². The molecule has 0 saturated carbocycles. The van der Waals surface area contributed by atoms with Crippen molar-refractivity contribution in [2.75, 3.05) is 16.3 Å². The molecule has 0 bridgehead atoms. The first-order chi connectivity index (χ1) is 11.6. The number of carbonyl (C=O) groups excluding carboxylic acids is 1. The summed E-state index contributed by atoms with van der Waals surface area (Å²) in [7, 11) is -3.59. The summed E-state index contributed by atoms with van der Waals surface area (Å²) in [5, 5.41) is 13.2. The van der Waals surface area contributed by atoms with E-state index in [0.29, 0.717) is 4.47 Å². The van der Waals surface area contributed by atoms with Crippen LogP contribution in [-0.2, 0) is 10.0 Å². The van der Waals surface area contributed by atoms with Crippen LogP contribution in [0.2, 0.25) is 5.02 Å². The molecule has 0 atom stereocenters. The van der Waals surface area contributed by atoms with Crippen molar-refractivity contribution < 1.29 is 18.1 Å². The summed E-state index contributed by atoms with van der Waals surface area (Å²) < 4.78 is 25.7. The van der Waals surface area contributed by atoms with E-state index in [1.807, 2.05) is 0 Å². The van der Waals surface area contributed by atoms with Crippen molar-refractivity contribution in [3.63, 3.8) is 0 Å². The fourth-order valence-electron chi connectivity index (χ4n) is 1.90. The molecule has 132 valence electrons. The molecule has 0 heterocycles.